The summed E-state index contributed by atoms with van der Waals surface area (Å²) < 4.78 is 5.21. The maximum Gasteiger partial charge on any atom is 0.256 e. The molecule has 0 spiro atoms. The van der Waals surface area contributed by atoms with E-state index >= 15 is 0 Å². The van der Waals surface area contributed by atoms with Gasteiger partial charge in [0.2, 0.25) is 0 Å². The van der Waals surface area contributed by atoms with Crippen LogP contribution < -0.4 is 10.1 Å². The number of anilines is 2. The zero-order valence-electron chi connectivity index (χ0n) is 16.9. The quantitative estimate of drug-likeness (QED) is 0.719. The highest BCUT2D eigenvalue weighted by Gasteiger charge is 2.23. The summed E-state index contributed by atoms with van der Waals surface area (Å²) in [7, 11) is 1.65. The van der Waals surface area contributed by atoms with Crippen LogP contribution in [0.2, 0.25) is 0 Å². The van der Waals surface area contributed by atoms with Crippen LogP contribution in [-0.4, -0.2) is 60.5 Å². The second kappa shape index (κ2) is 8.49. The van der Waals surface area contributed by atoms with Crippen LogP contribution in [-0.2, 0) is 0 Å². The van der Waals surface area contributed by atoms with E-state index in [2.05, 4.69) is 22.1 Å². The molecule has 2 heterocycles. The van der Waals surface area contributed by atoms with Gasteiger partial charge in [-0.05, 0) is 36.2 Å². The van der Waals surface area contributed by atoms with E-state index in [-0.39, 0.29) is 5.91 Å². The summed E-state index contributed by atoms with van der Waals surface area (Å²) in [5.74, 6) is 1.59. The number of carbonyl (C=O) groups is 1. The Morgan fingerprint density at radius 3 is 2.38 bits per heavy atom. The molecule has 150 valence electrons. The van der Waals surface area contributed by atoms with Gasteiger partial charge in [0, 0.05) is 43.4 Å². The highest BCUT2D eigenvalue weighted by atomic mass is 16.5. The number of pyridine rings is 1. The van der Waals surface area contributed by atoms with Crippen LogP contribution in [0.3, 0.4) is 0 Å². The molecule has 3 aromatic rings. The van der Waals surface area contributed by atoms with Gasteiger partial charge in [-0.15, -0.1) is 0 Å². The average Bonchev–Trinajstić information content (AvgIpc) is 2.79. The first-order chi connectivity index (χ1) is 14.2. The number of nitrogens with one attached hydrogen (secondary N) is 1. The normalized spacial score (nSPS) is 14.8. The molecule has 1 aliphatic rings. The molecule has 1 aromatic heterocycles. The predicted octanol–water partition coefficient (Wildman–Crippen LogP) is 3.76. The number of carbonyl (C=O) groups excluding carboxylic acids is 1. The molecule has 1 N–H and O–H groups in total. The molecule has 6 heteroatoms. The van der Waals surface area contributed by atoms with E-state index in [9.17, 15) is 4.79 Å². The van der Waals surface area contributed by atoms with Crippen LogP contribution in [0.4, 0.5) is 11.5 Å². The summed E-state index contributed by atoms with van der Waals surface area (Å²) in [5.41, 5.74) is 1.57. The fraction of sp³-hybridized carbons (Fsp3) is 0.304. The van der Waals surface area contributed by atoms with Crippen molar-refractivity contribution in [2.75, 3.05) is 45.2 Å². The largest absolute Gasteiger partial charge is 0.497 e. The number of likely N-dealkylation sites (N-methyl/N-ethyl adjacent to an activating group) is 1. The van der Waals surface area contributed by atoms with Gasteiger partial charge in [-0.1, -0.05) is 31.2 Å². The van der Waals surface area contributed by atoms with Gasteiger partial charge in [0.25, 0.3) is 5.91 Å². The van der Waals surface area contributed by atoms with Crippen LogP contribution in [0.1, 0.15) is 17.3 Å². The molecule has 0 aliphatic carbocycles. The van der Waals surface area contributed by atoms with Gasteiger partial charge in [-0.3, -0.25) is 4.79 Å². The summed E-state index contributed by atoms with van der Waals surface area (Å²) in [6.45, 7) is 6.54. The van der Waals surface area contributed by atoms with E-state index in [4.69, 9.17) is 4.74 Å². The number of methoxy groups -OCH3 is 1. The second-order valence-corrected chi connectivity index (χ2v) is 7.15. The molecular weight excluding hydrogens is 364 g/mol. The summed E-state index contributed by atoms with van der Waals surface area (Å²) in [5, 5.41) is 5.21. The Morgan fingerprint density at radius 1 is 1.03 bits per heavy atom. The van der Waals surface area contributed by atoms with Gasteiger partial charge < -0.3 is 19.9 Å². The number of fused-ring (bicyclic) bond motifs is 1. The van der Waals surface area contributed by atoms with Crippen molar-refractivity contribution in [3.8, 4) is 5.75 Å². The van der Waals surface area contributed by atoms with Crippen molar-refractivity contribution in [1.82, 2.24) is 14.8 Å². The molecule has 6 nitrogen and oxygen atoms in total. The van der Waals surface area contributed by atoms with Gasteiger partial charge in [-0.25, -0.2) is 4.98 Å². The topological polar surface area (TPSA) is 57.7 Å². The summed E-state index contributed by atoms with van der Waals surface area (Å²) in [6.07, 6.45) is 1.70. The lowest BCUT2D eigenvalue weighted by Gasteiger charge is -2.34. The molecule has 29 heavy (non-hydrogen) atoms. The lowest BCUT2D eigenvalue weighted by Crippen LogP contribution is -2.48. The highest BCUT2D eigenvalue weighted by Crippen LogP contribution is 2.28. The molecule has 1 amide bonds. The fourth-order valence-corrected chi connectivity index (χ4v) is 3.71. The molecule has 0 radical (unpaired) electrons. The lowest BCUT2D eigenvalue weighted by atomic mass is 10.1. The number of ether oxygens (including phenoxy) is 1. The van der Waals surface area contributed by atoms with Crippen molar-refractivity contribution >= 4 is 28.2 Å². The zero-order chi connectivity index (χ0) is 20.2. The van der Waals surface area contributed by atoms with Crippen molar-refractivity contribution < 1.29 is 9.53 Å². The monoisotopic (exact) mass is 390 g/mol. The van der Waals surface area contributed by atoms with Crippen molar-refractivity contribution in [3.05, 3.63) is 60.3 Å². The number of aromatic nitrogens is 1. The van der Waals surface area contributed by atoms with Crippen LogP contribution in [0.25, 0.3) is 10.8 Å². The van der Waals surface area contributed by atoms with E-state index in [1.54, 1.807) is 13.3 Å². The number of benzene rings is 2. The first kappa shape index (κ1) is 19.2. The van der Waals surface area contributed by atoms with Crippen molar-refractivity contribution in [2.45, 2.75) is 6.92 Å². The standard InChI is InChI=1S/C23H26N4O2/c1-3-26-12-14-27(15-13-26)23(28)21-16-24-22(20-7-5-4-6-19(20)21)25-17-8-10-18(29-2)11-9-17/h4-11,16H,3,12-15H2,1-2H3,(H,24,25). The minimum absolute atomic E-state index is 0.0560. The van der Waals surface area contributed by atoms with Gasteiger partial charge in [-0.2, -0.15) is 0 Å². The summed E-state index contributed by atoms with van der Waals surface area (Å²) in [6, 6.07) is 15.6. The molecule has 2 aromatic carbocycles. The van der Waals surface area contributed by atoms with Gasteiger partial charge in [0.15, 0.2) is 0 Å². The Balaban J connectivity index is 1.62. The Kier molecular flexibility index (Phi) is 5.62. The zero-order valence-corrected chi connectivity index (χ0v) is 16.9. The lowest BCUT2D eigenvalue weighted by molar-refractivity contribution is 0.0645. The average molecular weight is 390 g/mol. The van der Waals surface area contributed by atoms with E-state index in [1.807, 2.05) is 53.4 Å². The Hall–Kier alpha value is -3.12. The van der Waals surface area contributed by atoms with E-state index in [0.717, 1.165) is 60.8 Å². The maximum atomic E-state index is 13.2. The van der Waals surface area contributed by atoms with Crippen LogP contribution in [0, 0.1) is 0 Å². The molecule has 0 unspecified atom stereocenters. The van der Waals surface area contributed by atoms with Gasteiger partial charge in [0.1, 0.15) is 11.6 Å². The molecule has 4 rings (SSSR count). The Labute approximate surface area is 171 Å². The maximum absolute atomic E-state index is 13.2. The number of nitrogens with zero attached hydrogens (tertiary/aromatic N) is 3. The number of hydrogen-bond acceptors (Lipinski definition) is 5. The van der Waals surface area contributed by atoms with E-state index < -0.39 is 0 Å². The Bertz CT molecular complexity index is 995. The van der Waals surface area contributed by atoms with Crippen molar-refractivity contribution in [2.24, 2.45) is 0 Å². The predicted molar refractivity (Wildman–Crippen MR) is 116 cm³/mol. The molecule has 0 bridgehead atoms. The van der Waals surface area contributed by atoms with Crippen molar-refractivity contribution in [3.63, 3.8) is 0 Å². The molecule has 1 fully saturated rings. The number of hydrogen-bond donors (Lipinski definition) is 1. The first-order valence-corrected chi connectivity index (χ1v) is 10.00. The smallest absolute Gasteiger partial charge is 0.256 e. The van der Waals surface area contributed by atoms with Crippen LogP contribution in [0.5, 0.6) is 5.75 Å². The molecule has 0 atom stereocenters. The first-order valence-electron chi connectivity index (χ1n) is 10.00. The molecule has 0 saturated carbocycles. The third kappa shape index (κ3) is 4.03. The minimum Gasteiger partial charge on any atom is -0.497 e. The molecule has 1 saturated heterocycles. The van der Waals surface area contributed by atoms with E-state index in [0.29, 0.717) is 5.56 Å². The van der Waals surface area contributed by atoms with Gasteiger partial charge in [0.05, 0.1) is 12.7 Å². The number of rotatable bonds is 5. The molecular formula is C23H26N4O2. The highest BCUT2D eigenvalue weighted by molar-refractivity contribution is 6.09. The summed E-state index contributed by atoms with van der Waals surface area (Å²) in [4.78, 5) is 22.1. The van der Waals surface area contributed by atoms with Gasteiger partial charge >= 0.3 is 0 Å². The number of amides is 1. The third-order valence-corrected chi connectivity index (χ3v) is 5.48. The SMILES string of the molecule is CCN1CCN(C(=O)c2cnc(Nc3ccc(OC)cc3)c3ccccc23)CC1. The second-order valence-electron chi connectivity index (χ2n) is 7.15. The van der Waals surface area contributed by atoms with E-state index in [1.165, 1.54) is 0 Å². The Morgan fingerprint density at radius 2 is 1.72 bits per heavy atom. The summed E-state index contributed by atoms with van der Waals surface area (Å²) >= 11 is 0. The fourth-order valence-electron chi connectivity index (χ4n) is 3.71. The van der Waals surface area contributed by atoms with Crippen LogP contribution >= 0.6 is 0 Å². The third-order valence-electron chi connectivity index (χ3n) is 5.48. The minimum atomic E-state index is 0.0560. The van der Waals surface area contributed by atoms with Crippen LogP contribution in [0.15, 0.2) is 54.7 Å². The molecule has 1 aliphatic heterocycles. The van der Waals surface area contributed by atoms with Crippen molar-refractivity contribution in [1.29, 1.82) is 0 Å². The number of piperazine rings is 1.